The zero-order chi connectivity index (χ0) is 24.9. The van der Waals surface area contributed by atoms with Gasteiger partial charge in [-0.25, -0.2) is 5.26 Å². The second kappa shape index (κ2) is 14.3. The number of rotatable bonds is 7. The molecule has 8 heteroatoms. The number of ether oxygens (including phenoxy) is 2. The third kappa shape index (κ3) is 7.65. The molecule has 1 fully saturated rings. The van der Waals surface area contributed by atoms with Crippen molar-refractivity contribution >= 4 is 11.5 Å². The van der Waals surface area contributed by atoms with E-state index < -0.39 is 0 Å². The van der Waals surface area contributed by atoms with Gasteiger partial charge in [-0.2, -0.15) is 4.89 Å². The Morgan fingerprint density at radius 3 is 2.54 bits per heavy atom. The third-order valence-corrected chi connectivity index (χ3v) is 5.80. The summed E-state index contributed by atoms with van der Waals surface area (Å²) in [5.41, 5.74) is 6.56. The molecule has 2 aromatic carbocycles. The average molecular weight is 482 g/mol. The van der Waals surface area contributed by atoms with Crippen LogP contribution in [0.1, 0.15) is 42.9 Å². The standard InChI is InChI=1S/C24H27NO3.C3H4O4/c1-2-27-23(26)13-16-25-14-11-18(12-15-25)24-20-8-4-3-7-19(20)17-28-22-10-6-5-9-21(22)24;1-2-3-5-7-6-4/h3-10H,2,11-17H2,1H3;1,4H,3H2. The van der Waals surface area contributed by atoms with Crippen molar-refractivity contribution in [2.45, 2.75) is 32.8 Å². The summed E-state index contributed by atoms with van der Waals surface area (Å²) in [4.78, 5) is 17.9. The lowest BCUT2D eigenvalue weighted by atomic mass is 9.86. The Bertz CT molecular complexity index is 984. The molecule has 0 spiro atoms. The van der Waals surface area contributed by atoms with E-state index in [9.17, 15) is 4.79 Å². The van der Waals surface area contributed by atoms with E-state index in [1.807, 2.05) is 13.0 Å². The van der Waals surface area contributed by atoms with Gasteiger partial charge in [0, 0.05) is 25.2 Å². The van der Waals surface area contributed by atoms with E-state index >= 15 is 0 Å². The van der Waals surface area contributed by atoms with Crippen molar-refractivity contribution < 1.29 is 34.5 Å². The van der Waals surface area contributed by atoms with Crippen molar-refractivity contribution in [2.24, 2.45) is 0 Å². The Morgan fingerprint density at radius 1 is 1.11 bits per heavy atom. The van der Waals surface area contributed by atoms with Crippen LogP contribution in [0.2, 0.25) is 0 Å². The predicted octanol–water partition coefficient (Wildman–Crippen LogP) is 4.40. The Kier molecular flexibility index (Phi) is 10.8. The molecule has 2 aromatic rings. The third-order valence-electron chi connectivity index (χ3n) is 5.80. The van der Waals surface area contributed by atoms with Gasteiger partial charge in [-0.1, -0.05) is 54.0 Å². The van der Waals surface area contributed by atoms with Crippen LogP contribution in [-0.4, -0.2) is 49.0 Å². The molecular weight excluding hydrogens is 450 g/mol. The number of fused-ring (bicyclic) bond motifs is 2. The van der Waals surface area contributed by atoms with E-state index in [1.54, 1.807) is 0 Å². The van der Waals surface area contributed by atoms with Crippen LogP contribution < -0.4 is 4.74 Å². The SMILES string of the molecule is C#CCOOOO.CCOC(=O)CCN1CCC(=C2c3ccccc3COc3ccccc32)CC1. The summed E-state index contributed by atoms with van der Waals surface area (Å²) < 4.78 is 11.2. The molecule has 2 aliphatic heterocycles. The van der Waals surface area contributed by atoms with Gasteiger partial charge in [-0.3, -0.25) is 4.79 Å². The molecule has 4 rings (SSSR count). The summed E-state index contributed by atoms with van der Waals surface area (Å²) >= 11 is 0. The molecule has 0 unspecified atom stereocenters. The zero-order valence-corrected chi connectivity index (χ0v) is 19.9. The fourth-order valence-electron chi connectivity index (χ4n) is 4.23. The lowest BCUT2D eigenvalue weighted by molar-refractivity contribution is -0.620. The molecule has 8 nitrogen and oxygen atoms in total. The van der Waals surface area contributed by atoms with Gasteiger partial charge < -0.3 is 14.4 Å². The van der Waals surface area contributed by atoms with Crippen LogP contribution in [0.15, 0.2) is 54.1 Å². The van der Waals surface area contributed by atoms with Gasteiger partial charge >= 0.3 is 5.97 Å². The number of likely N-dealkylation sites (tertiary alicyclic amines) is 1. The highest BCUT2D eigenvalue weighted by Gasteiger charge is 2.24. The van der Waals surface area contributed by atoms with Crippen molar-refractivity contribution in [1.82, 2.24) is 4.90 Å². The first-order valence-electron chi connectivity index (χ1n) is 11.6. The van der Waals surface area contributed by atoms with Crippen LogP contribution in [0.3, 0.4) is 0 Å². The van der Waals surface area contributed by atoms with Gasteiger partial charge in [0.2, 0.25) is 0 Å². The Morgan fingerprint density at radius 2 is 1.83 bits per heavy atom. The highest BCUT2D eigenvalue weighted by Crippen LogP contribution is 2.40. The predicted molar refractivity (Wildman–Crippen MR) is 130 cm³/mol. The number of piperidine rings is 1. The monoisotopic (exact) mass is 481 g/mol. The highest BCUT2D eigenvalue weighted by atomic mass is 17.6. The highest BCUT2D eigenvalue weighted by molar-refractivity contribution is 5.87. The lowest BCUT2D eigenvalue weighted by Gasteiger charge is -2.30. The van der Waals surface area contributed by atoms with Crippen molar-refractivity contribution in [3.8, 4) is 18.1 Å². The van der Waals surface area contributed by atoms with Crippen molar-refractivity contribution in [3.05, 3.63) is 70.8 Å². The topological polar surface area (TPSA) is 86.7 Å². The number of nitrogens with zero attached hydrogens (tertiary/aromatic N) is 1. The first kappa shape index (κ1) is 26.4. The molecule has 0 aliphatic carbocycles. The van der Waals surface area contributed by atoms with Gasteiger partial charge in [0.1, 0.15) is 19.0 Å². The first-order valence-corrected chi connectivity index (χ1v) is 11.6. The Balaban J connectivity index is 0.000000429. The van der Waals surface area contributed by atoms with Gasteiger partial charge in [0.15, 0.2) is 0 Å². The van der Waals surface area contributed by atoms with Gasteiger partial charge in [0.05, 0.1) is 13.0 Å². The minimum absolute atomic E-state index is 0.0550. The molecule has 2 heterocycles. The van der Waals surface area contributed by atoms with E-state index in [2.05, 4.69) is 74.7 Å². The molecular formula is C27H31NO7. The fourth-order valence-corrected chi connectivity index (χ4v) is 4.23. The number of carbonyl (C=O) groups is 1. The Hall–Kier alpha value is -3.19. The number of hydrogen-bond donors (Lipinski definition) is 1. The van der Waals surface area contributed by atoms with E-state index in [0.29, 0.717) is 19.6 Å². The molecule has 0 amide bonds. The summed E-state index contributed by atoms with van der Waals surface area (Å²) in [5.74, 6) is 2.93. The number of terminal acetylenes is 1. The molecule has 0 aromatic heterocycles. The van der Waals surface area contributed by atoms with Gasteiger partial charge in [-0.15, -0.1) is 6.42 Å². The summed E-state index contributed by atoms with van der Waals surface area (Å²) in [5, 5.41) is 13.9. The number of para-hydroxylation sites is 1. The summed E-state index contributed by atoms with van der Waals surface area (Å²) in [6.45, 7) is 5.58. The van der Waals surface area contributed by atoms with E-state index in [4.69, 9.17) is 14.7 Å². The normalized spacial score (nSPS) is 14.9. The molecule has 0 saturated carbocycles. The van der Waals surface area contributed by atoms with Crippen molar-refractivity contribution in [3.63, 3.8) is 0 Å². The Labute approximate surface area is 205 Å². The smallest absolute Gasteiger partial charge is 0.307 e. The van der Waals surface area contributed by atoms with Gasteiger partial charge in [0.25, 0.3) is 0 Å². The molecule has 0 bridgehead atoms. The first-order chi connectivity index (χ1) is 17.2. The zero-order valence-electron chi connectivity index (χ0n) is 19.9. The summed E-state index contributed by atoms with van der Waals surface area (Å²) in [6.07, 6.45) is 7.18. The fraction of sp³-hybridized carbons (Fsp3) is 0.370. The maximum atomic E-state index is 11.6. The molecule has 1 N–H and O–H groups in total. The lowest BCUT2D eigenvalue weighted by Crippen LogP contribution is -2.33. The maximum Gasteiger partial charge on any atom is 0.307 e. The van der Waals surface area contributed by atoms with Crippen LogP contribution in [0, 0.1) is 12.3 Å². The van der Waals surface area contributed by atoms with Crippen LogP contribution in [0.5, 0.6) is 5.75 Å². The van der Waals surface area contributed by atoms with Gasteiger partial charge in [-0.05, 0) is 52.6 Å². The number of carbonyl (C=O) groups excluding carboxylic acids is 1. The summed E-state index contributed by atoms with van der Waals surface area (Å²) in [7, 11) is 0. The number of hydrogen-bond acceptors (Lipinski definition) is 8. The largest absolute Gasteiger partial charge is 0.488 e. The molecule has 186 valence electrons. The molecule has 35 heavy (non-hydrogen) atoms. The van der Waals surface area contributed by atoms with Crippen molar-refractivity contribution in [2.75, 3.05) is 32.8 Å². The molecule has 0 atom stereocenters. The second-order valence-corrected chi connectivity index (χ2v) is 7.93. The van der Waals surface area contributed by atoms with Crippen molar-refractivity contribution in [1.29, 1.82) is 0 Å². The minimum Gasteiger partial charge on any atom is -0.488 e. The number of esters is 1. The molecule has 0 radical (unpaired) electrons. The summed E-state index contributed by atoms with van der Waals surface area (Å²) in [6, 6.07) is 16.9. The van der Waals surface area contributed by atoms with E-state index in [1.165, 1.54) is 27.8 Å². The number of benzene rings is 2. The molecule has 1 saturated heterocycles. The van der Waals surface area contributed by atoms with Crippen LogP contribution in [0.4, 0.5) is 0 Å². The maximum absolute atomic E-state index is 11.6. The minimum atomic E-state index is -0.101. The molecule has 2 aliphatic rings. The van der Waals surface area contributed by atoms with Crippen LogP contribution in [0.25, 0.3) is 5.57 Å². The second-order valence-electron chi connectivity index (χ2n) is 7.93. The van der Waals surface area contributed by atoms with Crippen LogP contribution in [-0.2, 0) is 31.1 Å². The quantitative estimate of drug-likeness (QED) is 0.205. The van der Waals surface area contributed by atoms with Crippen LogP contribution >= 0.6 is 0 Å². The average Bonchev–Trinajstić information content (AvgIpc) is 3.06. The van der Waals surface area contributed by atoms with E-state index in [0.717, 1.165) is 38.2 Å². The van der Waals surface area contributed by atoms with E-state index in [-0.39, 0.29) is 12.6 Å².